The summed E-state index contributed by atoms with van der Waals surface area (Å²) in [5, 5.41) is 4.45. The van der Waals surface area contributed by atoms with Gasteiger partial charge in [0.05, 0.1) is 0 Å². The second-order valence-electron chi connectivity index (χ2n) is 6.19. The second kappa shape index (κ2) is 7.25. The molecule has 1 radical (unpaired) electrons. The lowest BCUT2D eigenvalue weighted by molar-refractivity contribution is -0.133. The van der Waals surface area contributed by atoms with E-state index in [4.69, 9.17) is 0 Å². The van der Waals surface area contributed by atoms with E-state index >= 15 is 0 Å². The number of hydrogen-bond donors (Lipinski definition) is 0. The van der Waals surface area contributed by atoms with Gasteiger partial charge in [-0.1, -0.05) is 0 Å². The highest BCUT2D eigenvalue weighted by atomic mass is 16.2. The molecule has 0 aromatic heterocycles. The summed E-state index contributed by atoms with van der Waals surface area (Å²) >= 11 is 0. The largest absolute Gasteiger partial charge is 0.340 e. The number of piperazine rings is 1. The van der Waals surface area contributed by atoms with E-state index < -0.39 is 0 Å². The molecule has 4 heteroatoms. The van der Waals surface area contributed by atoms with Gasteiger partial charge in [0.15, 0.2) is 0 Å². The van der Waals surface area contributed by atoms with Gasteiger partial charge < -0.3 is 4.90 Å². The van der Waals surface area contributed by atoms with Crippen LogP contribution in [0.3, 0.4) is 0 Å². The molecule has 0 saturated carbocycles. The normalized spacial score (nSPS) is 25.8. The minimum atomic E-state index is 0.356. The van der Waals surface area contributed by atoms with Crippen molar-refractivity contribution in [2.24, 2.45) is 5.92 Å². The fourth-order valence-electron chi connectivity index (χ4n) is 3.07. The quantitative estimate of drug-likeness (QED) is 0.770. The Balaban J connectivity index is 1.66. The van der Waals surface area contributed by atoms with E-state index in [1.54, 1.807) is 0 Å². The van der Waals surface area contributed by atoms with Gasteiger partial charge in [0, 0.05) is 51.7 Å². The van der Waals surface area contributed by atoms with Crippen molar-refractivity contribution in [2.75, 3.05) is 39.3 Å². The third-order valence-electron chi connectivity index (χ3n) is 4.48. The Morgan fingerprint density at radius 2 is 2.00 bits per heavy atom. The van der Waals surface area contributed by atoms with Gasteiger partial charge in [0.2, 0.25) is 5.91 Å². The highest BCUT2D eigenvalue weighted by Crippen LogP contribution is 2.18. The first-order valence-corrected chi connectivity index (χ1v) is 7.82. The summed E-state index contributed by atoms with van der Waals surface area (Å²) in [7, 11) is 0. The molecule has 2 rings (SSSR count). The lowest BCUT2D eigenvalue weighted by Gasteiger charge is -2.37. The number of piperidine rings is 1. The maximum atomic E-state index is 12.2. The molecule has 19 heavy (non-hydrogen) atoms. The van der Waals surface area contributed by atoms with E-state index in [2.05, 4.69) is 29.0 Å². The monoisotopic (exact) mass is 266 g/mol. The average molecular weight is 266 g/mol. The number of amides is 1. The Hall–Kier alpha value is -0.610. The maximum Gasteiger partial charge on any atom is 0.222 e. The molecule has 1 atom stereocenters. The highest BCUT2D eigenvalue weighted by molar-refractivity contribution is 5.76. The standard InChI is InChI=1S/C15H28N3O/c1-13(2)17-8-10-18(11-9-17)15(19)6-5-14-4-3-7-16-12-14/h13-14H,3-12H2,1-2H3. The molecule has 0 aromatic carbocycles. The highest BCUT2D eigenvalue weighted by Gasteiger charge is 2.23. The lowest BCUT2D eigenvalue weighted by Crippen LogP contribution is -2.50. The molecule has 1 amide bonds. The van der Waals surface area contributed by atoms with Gasteiger partial charge in [0.25, 0.3) is 0 Å². The molecule has 109 valence electrons. The summed E-state index contributed by atoms with van der Waals surface area (Å²) < 4.78 is 0. The third kappa shape index (κ3) is 4.46. The van der Waals surface area contributed by atoms with Gasteiger partial charge in [-0.25, -0.2) is 5.32 Å². The topological polar surface area (TPSA) is 37.7 Å². The van der Waals surface area contributed by atoms with Crippen LogP contribution in [0.25, 0.3) is 0 Å². The molecule has 0 spiro atoms. The van der Waals surface area contributed by atoms with Crippen LogP contribution in [0.5, 0.6) is 0 Å². The molecule has 0 aliphatic carbocycles. The predicted octanol–water partition coefficient (Wildman–Crippen LogP) is 1.33. The van der Waals surface area contributed by atoms with E-state index in [1.807, 2.05) is 0 Å². The molecule has 0 aromatic rings. The van der Waals surface area contributed by atoms with Crippen LogP contribution in [-0.2, 0) is 4.79 Å². The smallest absolute Gasteiger partial charge is 0.222 e. The minimum absolute atomic E-state index is 0.356. The number of hydrogen-bond acceptors (Lipinski definition) is 2. The van der Waals surface area contributed by atoms with Gasteiger partial charge in [-0.05, 0) is 39.0 Å². The van der Waals surface area contributed by atoms with Gasteiger partial charge in [-0.15, -0.1) is 0 Å². The predicted molar refractivity (Wildman–Crippen MR) is 77.1 cm³/mol. The van der Waals surface area contributed by atoms with Crippen molar-refractivity contribution < 1.29 is 4.79 Å². The number of rotatable bonds is 4. The third-order valence-corrected chi connectivity index (χ3v) is 4.48. The molecule has 0 N–H and O–H groups in total. The molecule has 1 unspecified atom stereocenters. The molecule has 2 saturated heterocycles. The Bertz CT molecular complexity index is 279. The summed E-state index contributed by atoms with van der Waals surface area (Å²) in [4.78, 5) is 16.7. The van der Waals surface area contributed by atoms with Crippen molar-refractivity contribution in [2.45, 2.75) is 45.6 Å². The molecule has 4 nitrogen and oxygen atoms in total. The van der Waals surface area contributed by atoms with Crippen molar-refractivity contribution in [3.63, 3.8) is 0 Å². The van der Waals surface area contributed by atoms with Crippen molar-refractivity contribution in [1.82, 2.24) is 15.1 Å². The number of nitrogens with zero attached hydrogens (tertiary/aromatic N) is 3. The Morgan fingerprint density at radius 1 is 1.26 bits per heavy atom. The fraction of sp³-hybridized carbons (Fsp3) is 0.933. The van der Waals surface area contributed by atoms with Gasteiger partial charge in [-0.2, -0.15) is 0 Å². The Labute approximate surface area is 117 Å². The number of carbonyl (C=O) groups is 1. The second-order valence-corrected chi connectivity index (χ2v) is 6.19. The molecular weight excluding hydrogens is 238 g/mol. The first-order chi connectivity index (χ1) is 9.16. The van der Waals surface area contributed by atoms with Crippen LogP contribution in [0.2, 0.25) is 0 Å². The van der Waals surface area contributed by atoms with Gasteiger partial charge in [0.1, 0.15) is 0 Å². The lowest BCUT2D eigenvalue weighted by atomic mass is 9.94. The molecule has 2 aliphatic heterocycles. The molecule has 0 bridgehead atoms. The van der Waals surface area contributed by atoms with Gasteiger partial charge >= 0.3 is 0 Å². The van der Waals surface area contributed by atoms with Crippen molar-refractivity contribution in [3.8, 4) is 0 Å². The zero-order valence-corrected chi connectivity index (χ0v) is 12.5. The van der Waals surface area contributed by atoms with E-state index in [0.717, 1.165) is 52.1 Å². The van der Waals surface area contributed by atoms with Crippen molar-refractivity contribution >= 4 is 5.91 Å². The zero-order valence-electron chi connectivity index (χ0n) is 12.5. The number of carbonyl (C=O) groups excluding carboxylic acids is 1. The summed E-state index contributed by atoms with van der Waals surface area (Å²) in [6, 6.07) is 0.598. The average Bonchev–Trinajstić information content (AvgIpc) is 2.46. The molecule has 2 fully saturated rings. The molecule has 2 heterocycles. The SMILES string of the molecule is CC(C)N1CCN(C(=O)CCC2CCC[N]C2)CC1. The summed E-state index contributed by atoms with van der Waals surface area (Å²) in [6.07, 6.45) is 4.23. The van der Waals surface area contributed by atoms with E-state index in [-0.39, 0.29) is 0 Å². The van der Waals surface area contributed by atoms with Crippen molar-refractivity contribution in [3.05, 3.63) is 0 Å². The van der Waals surface area contributed by atoms with Crippen LogP contribution < -0.4 is 5.32 Å². The summed E-state index contributed by atoms with van der Waals surface area (Å²) in [5.41, 5.74) is 0. The molecular formula is C15H28N3O. The Kier molecular flexibility index (Phi) is 5.64. The van der Waals surface area contributed by atoms with Crippen molar-refractivity contribution in [1.29, 1.82) is 0 Å². The van der Waals surface area contributed by atoms with Crippen LogP contribution in [0.1, 0.15) is 39.5 Å². The van der Waals surface area contributed by atoms with Crippen LogP contribution in [-0.4, -0.2) is 61.0 Å². The first kappa shape index (κ1) is 14.8. The zero-order chi connectivity index (χ0) is 13.7. The first-order valence-electron chi connectivity index (χ1n) is 7.82. The van der Waals surface area contributed by atoms with E-state index in [9.17, 15) is 4.79 Å². The summed E-state index contributed by atoms with van der Waals surface area (Å²) in [5.74, 6) is 1.02. The van der Waals surface area contributed by atoms with Gasteiger partial charge in [-0.3, -0.25) is 9.69 Å². The fourth-order valence-corrected chi connectivity index (χ4v) is 3.07. The van der Waals surface area contributed by atoms with Crippen LogP contribution in [0.15, 0.2) is 0 Å². The van der Waals surface area contributed by atoms with Crippen LogP contribution in [0, 0.1) is 5.92 Å². The summed E-state index contributed by atoms with van der Waals surface area (Å²) in [6.45, 7) is 10.3. The maximum absolute atomic E-state index is 12.2. The minimum Gasteiger partial charge on any atom is -0.340 e. The van der Waals surface area contributed by atoms with E-state index in [1.165, 1.54) is 12.8 Å². The van der Waals surface area contributed by atoms with Crippen LogP contribution >= 0.6 is 0 Å². The Morgan fingerprint density at radius 3 is 2.58 bits per heavy atom. The molecule has 2 aliphatic rings. The van der Waals surface area contributed by atoms with Crippen LogP contribution in [0.4, 0.5) is 0 Å². The van der Waals surface area contributed by atoms with E-state index in [0.29, 0.717) is 17.9 Å².